The molecule has 1 atom stereocenters. The second-order valence-electron chi connectivity index (χ2n) is 6.65. The number of halogens is 1. The van der Waals surface area contributed by atoms with Crippen LogP contribution < -0.4 is 15.4 Å². The minimum absolute atomic E-state index is 0.172. The lowest BCUT2D eigenvalue weighted by Crippen LogP contribution is -2.46. The van der Waals surface area contributed by atoms with Crippen LogP contribution in [0, 0.1) is 0 Å². The molecule has 0 bridgehead atoms. The third kappa shape index (κ3) is 3.84. The number of allylic oxidation sites excluding steroid dienone is 1. The van der Waals surface area contributed by atoms with Gasteiger partial charge in [0.25, 0.3) is 0 Å². The molecule has 1 unspecified atom stereocenters. The maximum Gasteiger partial charge on any atom is 0.171 e. The maximum absolute atomic E-state index is 12.5. The first kappa shape index (κ1) is 18.0. The number of hydrogen-bond acceptors (Lipinski definition) is 3. The van der Waals surface area contributed by atoms with E-state index in [-0.39, 0.29) is 11.8 Å². The van der Waals surface area contributed by atoms with Crippen LogP contribution in [0.1, 0.15) is 36.4 Å². The number of nitrogens with one attached hydrogen (secondary N) is 2. The summed E-state index contributed by atoms with van der Waals surface area (Å²) in [5.41, 5.74) is 3.62. The highest BCUT2D eigenvalue weighted by molar-refractivity contribution is 7.80. The summed E-state index contributed by atoms with van der Waals surface area (Å²) in [5.74, 6) is 0.898. The smallest absolute Gasteiger partial charge is 0.171 e. The van der Waals surface area contributed by atoms with Crippen molar-refractivity contribution in [1.29, 1.82) is 0 Å². The van der Waals surface area contributed by atoms with Crippen molar-refractivity contribution in [3.8, 4) is 5.75 Å². The van der Waals surface area contributed by atoms with Crippen LogP contribution in [0.4, 0.5) is 0 Å². The molecule has 2 aromatic carbocycles. The number of carbonyl (C=O) groups excluding carboxylic acids is 1. The van der Waals surface area contributed by atoms with Crippen molar-refractivity contribution in [1.82, 2.24) is 10.6 Å². The molecule has 2 aromatic rings. The molecule has 0 aromatic heterocycles. The van der Waals surface area contributed by atoms with Crippen LogP contribution in [0.5, 0.6) is 5.75 Å². The van der Waals surface area contributed by atoms with Crippen molar-refractivity contribution in [2.45, 2.75) is 31.9 Å². The van der Waals surface area contributed by atoms with Gasteiger partial charge in [0.15, 0.2) is 10.9 Å². The van der Waals surface area contributed by atoms with E-state index in [0.717, 1.165) is 41.0 Å². The average molecular weight is 399 g/mol. The minimum Gasteiger partial charge on any atom is -0.489 e. The molecule has 0 saturated carbocycles. The van der Waals surface area contributed by atoms with Gasteiger partial charge in [-0.1, -0.05) is 41.9 Å². The molecular formula is C21H19ClN2O2S. The molecule has 4 rings (SSSR count). The van der Waals surface area contributed by atoms with Gasteiger partial charge in [0, 0.05) is 28.3 Å². The van der Waals surface area contributed by atoms with Crippen LogP contribution in [0.15, 0.2) is 59.8 Å². The first-order valence-corrected chi connectivity index (χ1v) is 9.70. The van der Waals surface area contributed by atoms with Gasteiger partial charge in [-0.3, -0.25) is 4.79 Å². The predicted octanol–water partition coefficient (Wildman–Crippen LogP) is 4.44. The molecule has 0 saturated heterocycles. The third-order valence-corrected chi connectivity index (χ3v) is 5.42. The maximum atomic E-state index is 12.5. The van der Waals surface area contributed by atoms with E-state index in [1.54, 1.807) is 0 Å². The van der Waals surface area contributed by atoms with Crippen LogP contribution in [-0.2, 0) is 11.4 Å². The lowest BCUT2D eigenvalue weighted by molar-refractivity contribution is -0.116. The monoisotopic (exact) mass is 398 g/mol. The van der Waals surface area contributed by atoms with Crippen LogP contribution in [0.2, 0.25) is 5.02 Å². The Morgan fingerprint density at radius 1 is 1.15 bits per heavy atom. The van der Waals surface area contributed by atoms with Gasteiger partial charge in [0.05, 0.1) is 6.04 Å². The van der Waals surface area contributed by atoms with Gasteiger partial charge in [-0.15, -0.1) is 0 Å². The zero-order chi connectivity index (χ0) is 18.8. The molecule has 138 valence electrons. The molecule has 1 heterocycles. The number of ether oxygens (including phenoxy) is 1. The first-order chi connectivity index (χ1) is 13.1. The van der Waals surface area contributed by atoms with Gasteiger partial charge in [0.2, 0.25) is 0 Å². The van der Waals surface area contributed by atoms with Crippen molar-refractivity contribution >= 4 is 34.7 Å². The summed E-state index contributed by atoms with van der Waals surface area (Å²) in [7, 11) is 0. The zero-order valence-electron chi connectivity index (χ0n) is 14.6. The quantitative estimate of drug-likeness (QED) is 0.745. The number of rotatable bonds is 4. The Morgan fingerprint density at radius 3 is 2.85 bits per heavy atom. The summed E-state index contributed by atoms with van der Waals surface area (Å²) in [6, 6.07) is 15.1. The van der Waals surface area contributed by atoms with Gasteiger partial charge in [-0.25, -0.2) is 0 Å². The molecule has 27 heavy (non-hydrogen) atoms. The average Bonchev–Trinajstić information content (AvgIpc) is 2.67. The van der Waals surface area contributed by atoms with Gasteiger partial charge in [-0.2, -0.15) is 0 Å². The van der Waals surface area contributed by atoms with Gasteiger partial charge >= 0.3 is 0 Å². The summed E-state index contributed by atoms with van der Waals surface area (Å²) in [6.45, 7) is 0.383. The van der Waals surface area contributed by atoms with E-state index in [1.165, 1.54) is 0 Å². The number of thiocarbonyl (C=S) groups is 1. The first-order valence-electron chi connectivity index (χ1n) is 8.92. The Balaban J connectivity index is 1.59. The topological polar surface area (TPSA) is 50.4 Å². The Morgan fingerprint density at radius 2 is 2.00 bits per heavy atom. The zero-order valence-corrected chi connectivity index (χ0v) is 16.2. The number of Topliss-reactive ketones (excluding diaryl/α,β-unsaturated/α-hetero) is 1. The van der Waals surface area contributed by atoms with Crippen molar-refractivity contribution in [2.75, 3.05) is 0 Å². The van der Waals surface area contributed by atoms with Crippen LogP contribution >= 0.6 is 23.8 Å². The second kappa shape index (κ2) is 7.71. The van der Waals surface area contributed by atoms with E-state index < -0.39 is 0 Å². The number of ketones is 1. The second-order valence-corrected chi connectivity index (χ2v) is 7.47. The summed E-state index contributed by atoms with van der Waals surface area (Å²) in [4.78, 5) is 12.5. The van der Waals surface area contributed by atoms with Crippen LogP contribution in [-0.4, -0.2) is 10.9 Å². The lowest BCUT2D eigenvalue weighted by atomic mass is 9.85. The van der Waals surface area contributed by atoms with E-state index in [1.807, 2.05) is 48.5 Å². The Kier molecular flexibility index (Phi) is 5.14. The highest BCUT2D eigenvalue weighted by atomic mass is 35.5. The standard InChI is InChI=1S/C21H19ClN2O2S/c22-16-8-2-1-5-14(16)12-26-15-7-3-6-13(11-15)20-19-17(23-21(27)24-20)9-4-10-18(19)25/h1-3,5-8,11,20H,4,9-10,12H2,(H2,23,24,27). The molecule has 1 aliphatic carbocycles. The summed E-state index contributed by atoms with van der Waals surface area (Å²) in [6.07, 6.45) is 2.29. The van der Waals surface area contributed by atoms with Gasteiger partial charge < -0.3 is 15.4 Å². The van der Waals surface area contributed by atoms with Gasteiger partial charge in [-0.05, 0) is 48.8 Å². The van der Waals surface area contributed by atoms with E-state index in [4.69, 9.17) is 28.6 Å². The SMILES string of the molecule is O=C1CCCC2=C1C(c1cccc(OCc3ccccc3Cl)c1)NC(=S)N2. The molecule has 2 aliphatic rings. The van der Waals surface area contributed by atoms with Crippen LogP contribution in [0.25, 0.3) is 0 Å². The normalized spacial score (nSPS) is 19.2. The van der Waals surface area contributed by atoms with E-state index in [2.05, 4.69) is 10.6 Å². The molecule has 4 nitrogen and oxygen atoms in total. The molecule has 1 aliphatic heterocycles. The largest absolute Gasteiger partial charge is 0.489 e. The molecule has 6 heteroatoms. The van der Waals surface area contributed by atoms with Crippen molar-refractivity contribution in [3.05, 3.63) is 76.0 Å². The highest BCUT2D eigenvalue weighted by Gasteiger charge is 2.33. The lowest BCUT2D eigenvalue weighted by Gasteiger charge is -2.33. The fourth-order valence-electron chi connectivity index (χ4n) is 3.52. The number of benzene rings is 2. The van der Waals surface area contributed by atoms with Gasteiger partial charge in [0.1, 0.15) is 12.4 Å². The Bertz CT molecular complexity index is 941. The third-order valence-electron chi connectivity index (χ3n) is 4.83. The van der Waals surface area contributed by atoms with E-state index >= 15 is 0 Å². The molecule has 0 radical (unpaired) electrons. The summed E-state index contributed by atoms with van der Waals surface area (Å²) >= 11 is 11.5. The Labute approximate surface area is 168 Å². The highest BCUT2D eigenvalue weighted by Crippen LogP contribution is 2.34. The molecule has 0 spiro atoms. The number of hydrogen-bond donors (Lipinski definition) is 2. The van der Waals surface area contributed by atoms with Crippen molar-refractivity contribution < 1.29 is 9.53 Å². The number of carbonyl (C=O) groups is 1. The molecular weight excluding hydrogens is 380 g/mol. The molecule has 0 fully saturated rings. The molecule has 0 amide bonds. The predicted molar refractivity (Wildman–Crippen MR) is 110 cm³/mol. The summed E-state index contributed by atoms with van der Waals surface area (Å²) in [5, 5.41) is 7.62. The van der Waals surface area contributed by atoms with Crippen LogP contribution in [0.3, 0.4) is 0 Å². The van der Waals surface area contributed by atoms with E-state index in [9.17, 15) is 4.79 Å². The summed E-state index contributed by atoms with van der Waals surface area (Å²) < 4.78 is 5.93. The minimum atomic E-state index is -0.245. The Hall–Kier alpha value is -2.37. The van der Waals surface area contributed by atoms with Crippen molar-refractivity contribution in [3.63, 3.8) is 0 Å². The fraction of sp³-hybridized carbons (Fsp3) is 0.238. The molecule has 2 N–H and O–H groups in total. The fourth-order valence-corrected chi connectivity index (χ4v) is 3.95. The van der Waals surface area contributed by atoms with Crippen molar-refractivity contribution in [2.24, 2.45) is 0 Å². The van der Waals surface area contributed by atoms with E-state index in [0.29, 0.717) is 23.2 Å².